The maximum Gasteiger partial charge on any atom is 0.129 e. The van der Waals surface area contributed by atoms with E-state index in [9.17, 15) is 0 Å². The van der Waals surface area contributed by atoms with Crippen molar-refractivity contribution < 1.29 is 0 Å². The molecular formula is C15H18N4. The van der Waals surface area contributed by atoms with Crippen LogP contribution in [0.3, 0.4) is 0 Å². The number of nitrogens with one attached hydrogen (secondary N) is 1. The zero-order valence-electron chi connectivity index (χ0n) is 10.9. The molecule has 0 amide bonds. The predicted octanol–water partition coefficient (Wildman–Crippen LogP) is 2.08. The Morgan fingerprint density at radius 2 is 2.05 bits per heavy atom. The second-order valence-corrected chi connectivity index (χ2v) is 5.00. The van der Waals surface area contributed by atoms with Crippen LogP contribution >= 0.6 is 0 Å². The van der Waals surface area contributed by atoms with Gasteiger partial charge in [0.15, 0.2) is 0 Å². The molecule has 0 aliphatic carbocycles. The van der Waals surface area contributed by atoms with E-state index in [4.69, 9.17) is 0 Å². The van der Waals surface area contributed by atoms with E-state index in [0.717, 1.165) is 36.6 Å². The molecule has 1 fully saturated rings. The van der Waals surface area contributed by atoms with Crippen LogP contribution in [0, 0.1) is 5.92 Å². The lowest BCUT2D eigenvalue weighted by Crippen LogP contribution is -2.29. The minimum absolute atomic E-state index is 0.713. The van der Waals surface area contributed by atoms with E-state index in [1.54, 1.807) is 6.20 Å². The molecule has 3 heterocycles. The zero-order valence-corrected chi connectivity index (χ0v) is 10.9. The summed E-state index contributed by atoms with van der Waals surface area (Å²) in [5.41, 5.74) is 2.02. The van der Waals surface area contributed by atoms with E-state index in [2.05, 4.69) is 20.3 Å². The number of hydrogen-bond acceptors (Lipinski definition) is 4. The molecule has 98 valence electrons. The molecule has 2 aromatic rings. The Hall–Kier alpha value is -1.81. The molecule has 1 aliphatic heterocycles. The quantitative estimate of drug-likeness (QED) is 0.911. The van der Waals surface area contributed by atoms with Crippen LogP contribution in [-0.2, 0) is 6.42 Å². The highest BCUT2D eigenvalue weighted by atomic mass is 14.9. The lowest BCUT2D eigenvalue weighted by molar-refractivity contribution is 0.367. The first-order valence-corrected chi connectivity index (χ1v) is 6.85. The molecule has 0 atom stereocenters. The molecule has 19 heavy (non-hydrogen) atoms. The van der Waals surface area contributed by atoms with Crippen LogP contribution in [0.2, 0.25) is 0 Å². The van der Waals surface area contributed by atoms with Crippen LogP contribution < -0.4 is 5.32 Å². The molecule has 0 radical (unpaired) electrons. The van der Waals surface area contributed by atoms with Crippen LogP contribution in [-0.4, -0.2) is 28.0 Å². The van der Waals surface area contributed by atoms with Crippen LogP contribution in [0.15, 0.2) is 36.8 Å². The molecule has 0 unspecified atom stereocenters. The lowest BCUT2D eigenvalue weighted by atomic mass is 9.94. The number of nitrogens with zero attached hydrogens (tertiary/aromatic N) is 3. The van der Waals surface area contributed by atoms with Crippen molar-refractivity contribution in [3.05, 3.63) is 42.6 Å². The maximum absolute atomic E-state index is 4.67. The summed E-state index contributed by atoms with van der Waals surface area (Å²) in [6.07, 6.45) is 8.90. The van der Waals surface area contributed by atoms with Crippen molar-refractivity contribution in [2.24, 2.45) is 5.92 Å². The van der Waals surface area contributed by atoms with Crippen molar-refractivity contribution in [2.75, 3.05) is 13.1 Å². The summed E-state index contributed by atoms with van der Waals surface area (Å²) < 4.78 is 0. The molecular weight excluding hydrogens is 236 g/mol. The third-order valence-corrected chi connectivity index (χ3v) is 3.59. The normalized spacial score (nSPS) is 16.4. The van der Waals surface area contributed by atoms with Gasteiger partial charge in [0.1, 0.15) is 5.82 Å². The predicted molar refractivity (Wildman–Crippen MR) is 74.6 cm³/mol. The van der Waals surface area contributed by atoms with Crippen molar-refractivity contribution in [2.45, 2.75) is 19.3 Å². The standard InChI is InChI=1S/C15H18N4/c1-2-13(11-17-6-1)14-5-9-18-15(19-14)10-12-3-7-16-8-4-12/h1-2,5-6,9,11-12,16H,3-4,7-8,10H2. The third kappa shape index (κ3) is 3.15. The van der Waals surface area contributed by atoms with E-state index in [1.165, 1.54) is 12.8 Å². The number of pyridine rings is 1. The van der Waals surface area contributed by atoms with Crippen LogP contribution in [0.25, 0.3) is 11.3 Å². The lowest BCUT2D eigenvalue weighted by Gasteiger charge is -2.21. The van der Waals surface area contributed by atoms with Crippen LogP contribution in [0.1, 0.15) is 18.7 Å². The second kappa shape index (κ2) is 5.89. The van der Waals surface area contributed by atoms with E-state index in [1.807, 2.05) is 30.6 Å². The first-order valence-electron chi connectivity index (χ1n) is 6.85. The minimum atomic E-state index is 0.713. The maximum atomic E-state index is 4.67. The second-order valence-electron chi connectivity index (χ2n) is 5.00. The molecule has 1 aliphatic rings. The number of hydrogen-bond donors (Lipinski definition) is 1. The van der Waals surface area contributed by atoms with Gasteiger partial charge in [0.25, 0.3) is 0 Å². The molecule has 1 N–H and O–H groups in total. The SMILES string of the molecule is c1cncc(-c2ccnc(CC3CCNCC3)n2)c1. The van der Waals surface area contributed by atoms with Crippen molar-refractivity contribution >= 4 is 0 Å². The Morgan fingerprint density at radius 1 is 1.16 bits per heavy atom. The van der Waals surface area contributed by atoms with E-state index in [-0.39, 0.29) is 0 Å². The molecule has 4 nitrogen and oxygen atoms in total. The molecule has 3 rings (SSSR count). The molecule has 0 aromatic carbocycles. The summed E-state index contributed by atoms with van der Waals surface area (Å²) in [7, 11) is 0. The molecule has 0 spiro atoms. The summed E-state index contributed by atoms with van der Waals surface area (Å²) in [6, 6.07) is 5.91. The summed E-state index contributed by atoms with van der Waals surface area (Å²) in [5.74, 6) is 1.67. The van der Waals surface area contributed by atoms with Crippen molar-refractivity contribution in [1.82, 2.24) is 20.3 Å². The van der Waals surface area contributed by atoms with Gasteiger partial charge in [0.2, 0.25) is 0 Å². The number of piperidine rings is 1. The molecule has 1 saturated heterocycles. The molecule has 4 heteroatoms. The zero-order chi connectivity index (χ0) is 12.9. The van der Waals surface area contributed by atoms with Crippen LogP contribution in [0.5, 0.6) is 0 Å². The van der Waals surface area contributed by atoms with E-state index >= 15 is 0 Å². The fourth-order valence-electron chi connectivity index (χ4n) is 2.52. The summed E-state index contributed by atoms with van der Waals surface area (Å²) in [4.78, 5) is 13.2. The van der Waals surface area contributed by atoms with Gasteiger partial charge in [-0.3, -0.25) is 4.98 Å². The van der Waals surface area contributed by atoms with Crippen LogP contribution in [0.4, 0.5) is 0 Å². The Morgan fingerprint density at radius 3 is 2.84 bits per heavy atom. The van der Waals surface area contributed by atoms with E-state index < -0.39 is 0 Å². The number of aromatic nitrogens is 3. The first-order chi connectivity index (χ1) is 9.42. The van der Waals surface area contributed by atoms with Gasteiger partial charge in [0.05, 0.1) is 5.69 Å². The Kier molecular flexibility index (Phi) is 3.79. The first kappa shape index (κ1) is 12.2. The highest BCUT2D eigenvalue weighted by molar-refractivity contribution is 5.56. The molecule has 0 bridgehead atoms. The van der Waals surface area contributed by atoms with Crippen molar-refractivity contribution in [3.63, 3.8) is 0 Å². The largest absolute Gasteiger partial charge is 0.317 e. The highest BCUT2D eigenvalue weighted by Crippen LogP contribution is 2.18. The Bertz CT molecular complexity index is 521. The van der Waals surface area contributed by atoms with Crippen molar-refractivity contribution in [3.8, 4) is 11.3 Å². The average Bonchev–Trinajstić information content (AvgIpc) is 2.49. The highest BCUT2D eigenvalue weighted by Gasteiger charge is 2.15. The van der Waals surface area contributed by atoms with Gasteiger partial charge in [-0.25, -0.2) is 9.97 Å². The average molecular weight is 254 g/mol. The fourth-order valence-corrected chi connectivity index (χ4v) is 2.52. The topological polar surface area (TPSA) is 50.7 Å². The van der Waals surface area contributed by atoms with Gasteiger partial charge in [-0.05, 0) is 50.0 Å². The summed E-state index contributed by atoms with van der Waals surface area (Å²) in [6.45, 7) is 2.24. The van der Waals surface area contributed by atoms with Gasteiger partial charge < -0.3 is 5.32 Å². The van der Waals surface area contributed by atoms with Gasteiger partial charge in [0, 0.05) is 30.6 Å². The monoisotopic (exact) mass is 254 g/mol. The third-order valence-electron chi connectivity index (χ3n) is 3.59. The summed E-state index contributed by atoms with van der Waals surface area (Å²) >= 11 is 0. The minimum Gasteiger partial charge on any atom is -0.317 e. The number of rotatable bonds is 3. The van der Waals surface area contributed by atoms with Crippen molar-refractivity contribution in [1.29, 1.82) is 0 Å². The summed E-state index contributed by atoms with van der Waals surface area (Å²) in [5, 5.41) is 3.39. The van der Waals surface area contributed by atoms with Gasteiger partial charge in [-0.2, -0.15) is 0 Å². The smallest absolute Gasteiger partial charge is 0.129 e. The molecule has 2 aromatic heterocycles. The van der Waals surface area contributed by atoms with Gasteiger partial charge in [-0.15, -0.1) is 0 Å². The fraction of sp³-hybridized carbons (Fsp3) is 0.400. The Balaban J connectivity index is 1.76. The Labute approximate surface area is 113 Å². The molecule has 0 saturated carbocycles. The van der Waals surface area contributed by atoms with Gasteiger partial charge in [-0.1, -0.05) is 0 Å². The van der Waals surface area contributed by atoms with E-state index in [0.29, 0.717) is 5.92 Å². The van der Waals surface area contributed by atoms with Gasteiger partial charge >= 0.3 is 0 Å².